The minimum absolute atomic E-state index is 0.0740. The van der Waals surface area contributed by atoms with Crippen LogP contribution in [0.2, 0.25) is 0 Å². The first-order valence-electron chi connectivity index (χ1n) is 11.1. The standard InChI is InChI=1S/C23H36FN3O2/c1-16-9-10-17-11-12-19(26-21(17)25-16)7-5-6-8-20(24)18-13-14-27(15-18)22(28)29-23(2,3)4/h11-12,16,18,20H,5-10,13-15H2,1-4H3,(H,25,26). The van der Waals surface area contributed by atoms with E-state index in [4.69, 9.17) is 9.72 Å². The van der Waals surface area contributed by atoms with Crippen LogP contribution in [-0.4, -0.2) is 46.9 Å². The zero-order valence-electron chi connectivity index (χ0n) is 18.3. The second-order valence-electron chi connectivity index (χ2n) is 9.63. The third-order valence-corrected chi connectivity index (χ3v) is 5.82. The SMILES string of the molecule is CC1CCc2ccc(CCCCC(F)C3CCN(C(=O)OC(C)(C)C)C3)nc2N1. The lowest BCUT2D eigenvalue weighted by Gasteiger charge is -2.24. The lowest BCUT2D eigenvalue weighted by atomic mass is 9.97. The molecule has 3 rings (SSSR count). The number of ether oxygens (including phenoxy) is 1. The maximum Gasteiger partial charge on any atom is 0.410 e. The number of aromatic nitrogens is 1. The number of amides is 1. The van der Waals surface area contributed by atoms with Crippen molar-refractivity contribution in [2.75, 3.05) is 18.4 Å². The molecular formula is C23H36FN3O2. The lowest BCUT2D eigenvalue weighted by molar-refractivity contribution is 0.0280. The summed E-state index contributed by atoms with van der Waals surface area (Å²) in [5.74, 6) is 0.952. The third-order valence-electron chi connectivity index (χ3n) is 5.82. The number of aryl methyl sites for hydroxylation is 2. The Labute approximate surface area is 174 Å². The Hall–Kier alpha value is -1.85. The number of rotatable bonds is 6. The van der Waals surface area contributed by atoms with Gasteiger partial charge in [0.05, 0.1) is 0 Å². The van der Waals surface area contributed by atoms with Gasteiger partial charge in [-0.15, -0.1) is 0 Å². The summed E-state index contributed by atoms with van der Waals surface area (Å²) < 4.78 is 20.1. The molecule has 29 heavy (non-hydrogen) atoms. The molecule has 1 aromatic heterocycles. The average molecular weight is 406 g/mol. The molecule has 5 nitrogen and oxygen atoms in total. The van der Waals surface area contributed by atoms with Crippen molar-refractivity contribution in [2.24, 2.45) is 5.92 Å². The van der Waals surface area contributed by atoms with Crippen LogP contribution < -0.4 is 5.32 Å². The molecule has 1 saturated heterocycles. The number of carbonyl (C=O) groups excluding carboxylic acids is 1. The van der Waals surface area contributed by atoms with Crippen molar-refractivity contribution in [1.82, 2.24) is 9.88 Å². The maximum absolute atomic E-state index is 14.7. The molecule has 6 heteroatoms. The highest BCUT2D eigenvalue weighted by atomic mass is 19.1. The van der Waals surface area contributed by atoms with Crippen LogP contribution in [0.4, 0.5) is 15.0 Å². The summed E-state index contributed by atoms with van der Waals surface area (Å²) in [7, 11) is 0. The molecule has 0 radical (unpaired) electrons. The number of nitrogens with one attached hydrogen (secondary N) is 1. The first-order chi connectivity index (χ1) is 13.7. The molecule has 3 unspecified atom stereocenters. The van der Waals surface area contributed by atoms with Crippen molar-refractivity contribution in [2.45, 2.75) is 90.5 Å². The van der Waals surface area contributed by atoms with Gasteiger partial charge in [0.2, 0.25) is 0 Å². The Kier molecular flexibility index (Phi) is 7.01. The summed E-state index contributed by atoms with van der Waals surface area (Å²) in [6, 6.07) is 4.77. The molecule has 0 aromatic carbocycles. The maximum atomic E-state index is 14.7. The van der Waals surface area contributed by atoms with E-state index < -0.39 is 11.8 Å². The number of pyridine rings is 1. The second-order valence-corrected chi connectivity index (χ2v) is 9.63. The van der Waals surface area contributed by atoms with Crippen LogP contribution in [0.5, 0.6) is 0 Å². The monoisotopic (exact) mass is 405 g/mol. The van der Waals surface area contributed by atoms with Crippen molar-refractivity contribution in [1.29, 1.82) is 0 Å². The summed E-state index contributed by atoms with van der Waals surface area (Å²) in [6.07, 6.45) is 4.97. The van der Waals surface area contributed by atoms with Crippen LogP contribution in [0.15, 0.2) is 12.1 Å². The number of hydrogen-bond acceptors (Lipinski definition) is 4. The van der Waals surface area contributed by atoms with Crippen molar-refractivity contribution in [3.05, 3.63) is 23.4 Å². The van der Waals surface area contributed by atoms with Crippen LogP contribution in [0.3, 0.4) is 0 Å². The molecule has 162 valence electrons. The van der Waals surface area contributed by atoms with Gasteiger partial charge in [0.15, 0.2) is 0 Å². The van der Waals surface area contributed by atoms with E-state index in [-0.39, 0.29) is 12.0 Å². The first kappa shape index (κ1) is 21.8. The van der Waals surface area contributed by atoms with Gasteiger partial charge in [0.1, 0.15) is 17.6 Å². The Balaban J connectivity index is 1.38. The highest BCUT2D eigenvalue weighted by molar-refractivity contribution is 5.68. The van der Waals surface area contributed by atoms with Crippen molar-refractivity contribution >= 4 is 11.9 Å². The van der Waals surface area contributed by atoms with Crippen LogP contribution in [0.25, 0.3) is 0 Å². The predicted octanol–water partition coefficient (Wildman–Crippen LogP) is 5.14. The Bertz CT molecular complexity index is 704. The Morgan fingerprint density at radius 2 is 2.14 bits per heavy atom. The van der Waals surface area contributed by atoms with E-state index in [2.05, 4.69) is 24.4 Å². The highest BCUT2D eigenvalue weighted by Gasteiger charge is 2.33. The number of hydrogen-bond donors (Lipinski definition) is 1. The molecule has 3 atom stereocenters. The van der Waals surface area contributed by atoms with E-state index in [1.807, 2.05) is 20.8 Å². The number of halogens is 1. The zero-order chi connectivity index (χ0) is 21.0. The summed E-state index contributed by atoms with van der Waals surface area (Å²) in [5.41, 5.74) is 1.87. The number of fused-ring (bicyclic) bond motifs is 1. The molecular weight excluding hydrogens is 369 g/mol. The smallest absolute Gasteiger partial charge is 0.410 e. The molecule has 1 fully saturated rings. The van der Waals surface area contributed by atoms with Gasteiger partial charge in [0, 0.05) is 30.7 Å². The molecule has 0 spiro atoms. The van der Waals surface area contributed by atoms with Gasteiger partial charge in [-0.05, 0) is 77.8 Å². The molecule has 1 N–H and O–H groups in total. The second kappa shape index (κ2) is 9.31. The van der Waals surface area contributed by atoms with Gasteiger partial charge in [-0.3, -0.25) is 0 Å². The molecule has 0 bridgehead atoms. The zero-order valence-corrected chi connectivity index (χ0v) is 18.3. The molecule has 2 aliphatic rings. The summed E-state index contributed by atoms with van der Waals surface area (Å²) >= 11 is 0. The van der Waals surface area contributed by atoms with Crippen molar-refractivity contribution in [3.8, 4) is 0 Å². The fourth-order valence-corrected chi connectivity index (χ4v) is 4.13. The molecule has 0 aliphatic carbocycles. The normalized spacial score (nSPS) is 22.7. The number of unbranched alkanes of at least 4 members (excludes halogenated alkanes) is 1. The molecule has 1 amide bonds. The van der Waals surface area contributed by atoms with Crippen LogP contribution >= 0.6 is 0 Å². The summed E-state index contributed by atoms with van der Waals surface area (Å²) in [5, 5.41) is 3.46. The summed E-state index contributed by atoms with van der Waals surface area (Å²) in [6.45, 7) is 8.79. The van der Waals surface area contributed by atoms with Crippen LogP contribution in [0.1, 0.15) is 71.1 Å². The van der Waals surface area contributed by atoms with Gasteiger partial charge in [0.25, 0.3) is 0 Å². The van der Waals surface area contributed by atoms with E-state index in [0.29, 0.717) is 25.6 Å². The first-order valence-corrected chi connectivity index (χ1v) is 11.1. The van der Waals surface area contributed by atoms with Crippen molar-refractivity contribution in [3.63, 3.8) is 0 Å². The molecule has 1 aromatic rings. The average Bonchev–Trinajstić information content (AvgIpc) is 3.14. The fraction of sp³-hybridized carbons (Fsp3) is 0.739. The van der Waals surface area contributed by atoms with Gasteiger partial charge in [-0.25, -0.2) is 14.2 Å². The molecule has 2 aliphatic heterocycles. The van der Waals surface area contributed by atoms with E-state index >= 15 is 0 Å². The Morgan fingerprint density at radius 1 is 1.34 bits per heavy atom. The predicted molar refractivity (Wildman–Crippen MR) is 114 cm³/mol. The minimum Gasteiger partial charge on any atom is -0.444 e. The minimum atomic E-state index is -0.860. The number of nitrogens with zero attached hydrogens (tertiary/aromatic N) is 2. The quantitative estimate of drug-likeness (QED) is 0.666. The largest absolute Gasteiger partial charge is 0.444 e. The Morgan fingerprint density at radius 3 is 2.90 bits per heavy atom. The van der Waals surface area contributed by atoms with Crippen LogP contribution in [-0.2, 0) is 17.6 Å². The van der Waals surface area contributed by atoms with E-state index in [1.165, 1.54) is 5.56 Å². The highest BCUT2D eigenvalue weighted by Crippen LogP contribution is 2.27. The summed E-state index contributed by atoms with van der Waals surface area (Å²) in [4.78, 5) is 18.5. The third kappa shape index (κ3) is 6.31. The fourth-order valence-electron chi connectivity index (χ4n) is 4.13. The van der Waals surface area contributed by atoms with Crippen LogP contribution in [0, 0.1) is 5.92 Å². The number of alkyl halides is 1. The van der Waals surface area contributed by atoms with E-state index in [0.717, 1.165) is 50.0 Å². The topological polar surface area (TPSA) is 54.5 Å². The van der Waals surface area contributed by atoms with Gasteiger partial charge < -0.3 is 15.0 Å². The molecule has 0 saturated carbocycles. The van der Waals surface area contributed by atoms with Gasteiger partial charge >= 0.3 is 6.09 Å². The number of likely N-dealkylation sites (tertiary alicyclic amines) is 1. The van der Waals surface area contributed by atoms with Crippen molar-refractivity contribution < 1.29 is 13.9 Å². The van der Waals surface area contributed by atoms with E-state index in [1.54, 1.807) is 4.90 Å². The molecule has 3 heterocycles. The van der Waals surface area contributed by atoms with Gasteiger partial charge in [-0.1, -0.05) is 12.5 Å². The van der Waals surface area contributed by atoms with E-state index in [9.17, 15) is 9.18 Å². The van der Waals surface area contributed by atoms with Gasteiger partial charge in [-0.2, -0.15) is 0 Å². The number of anilines is 1. The lowest BCUT2D eigenvalue weighted by Crippen LogP contribution is -2.36. The number of carbonyl (C=O) groups is 1.